The summed E-state index contributed by atoms with van der Waals surface area (Å²) in [6, 6.07) is 0. The number of fused-ring (bicyclic) bond motifs is 2. The molecule has 0 amide bonds. The molecule has 2 fully saturated rings. The maximum absolute atomic E-state index is 10.6. The summed E-state index contributed by atoms with van der Waals surface area (Å²) in [4.78, 5) is 15.4. The van der Waals surface area contributed by atoms with E-state index in [4.69, 9.17) is 10.6 Å². The topological polar surface area (TPSA) is 78.4 Å². The van der Waals surface area contributed by atoms with Crippen LogP contribution in [0.5, 0.6) is 0 Å². The summed E-state index contributed by atoms with van der Waals surface area (Å²) in [7, 11) is 0. The highest BCUT2D eigenvalue weighted by Gasteiger charge is 2.57. The van der Waals surface area contributed by atoms with Crippen LogP contribution in [0.25, 0.3) is 0 Å². The van der Waals surface area contributed by atoms with Gasteiger partial charge in [-0.1, -0.05) is 27.7 Å². The van der Waals surface area contributed by atoms with E-state index in [9.17, 15) is 10.1 Å². The predicted octanol–water partition coefficient (Wildman–Crippen LogP) is 3.16. The molecule has 5 nitrogen and oxygen atoms in total. The molecule has 2 saturated carbocycles. The van der Waals surface area contributed by atoms with E-state index in [0.717, 1.165) is 32.1 Å². The Kier molecular flexibility index (Phi) is 3.56. The maximum atomic E-state index is 10.6. The van der Waals surface area contributed by atoms with Crippen molar-refractivity contribution in [2.75, 3.05) is 13.2 Å². The van der Waals surface area contributed by atoms with Crippen LogP contribution in [0.4, 0.5) is 0 Å². The second-order valence-electron chi connectivity index (χ2n) is 8.87. The molecule has 2 N–H and O–H groups in total. The second kappa shape index (κ2) is 4.58. The third-order valence-electron chi connectivity index (χ3n) is 5.18. The van der Waals surface area contributed by atoms with Gasteiger partial charge in [-0.05, 0) is 60.3 Å². The molecule has 0 aromatic rings. The second-order valence-corrected chi connectivity index (χ2v) is 8.87. The molecule has 0 saturated heterocycles. The molecule has 0 spiro atoms. The van der Waals surface area contributed by atoms with Gasteiger partial charge in [0.1, 0.15) is 6.61 Å². The van der Waals surface area contributed by atoms with E-state index in [1.54, 1.807) is 0 Å². The molecule has 2 bridgehead atoms. The van der Waals surface area contributed by atoms with Crippen LogP contribution < -0.4 is 5.73 Å². The van der Waals surface area contributed by atoms with Gasteiger partial charge in [0.05, 0.1) is 0 Å². The minimum absolute atomic E-state index is 0.0729. The first-order valence-electron chi connectivity index (χ1n) is 7.49. The van der Waals surface area contributed by atoms with Gasteiger partial charge in [0.2, 0.25) is 0 Å². The van der Waals surface area contributed by atoms with Crippen molar-refractivity contribution in [3.05, 3.63) is 10.1 Å². The molecule has 0 aromatic heterocycles. The number of nitrogens with two attached hydrogens (primary N) is 1. The molecule has 20 heavy (non-hydrogen) atoms. The Bertz CT molecular complexity index is 408. The summed E-state index contributed by atoms with van der Waals surface area (Å²) in [6.07, 6.45) is 5.21. The van der Waals surface area contributed by atoms with Crippen molar-refractivity contribution in [1.29, 1.82) is 0 Å². The van der Waals surface area contributed by atoms with Gasteiger partial charge >= 0.3 is 0 Å². The Labute approximate surface area is 121 Å². The molecule has 0 heterocycles. The molecule has 3 atom stereocenters. The van der Waals surface area contributed by atoms with E-state index >= 15 is 0 Å². The lowest BCUT2D eigenvalue weighted by Gasteiger charge is -2.61. The molecule has 2 aliphatic carbocycles. The lowest BCUT2D eigenvalue weighted by atomic mass is 9.44. The van der Waals surface area contributed by atoms with Gasteiger partial charge in [-0.15, -0.1) is 10.1 Å². The highest BCUT2D eigenvalue weighted by Crippen LogP contribution is 2.65. The van der Waals surface area contributed by atoms with Crippen LogP contribution in [0.15, 0.2) is 0 Å². The summed E-state index contributed by atoms with van der Waals surface area (Å²) in [5.41, 5.74) is 6.41. The number of hydrogen-bond donors (Lipinski definition) is 1. The van der Waals surface area contributed by atoms with Crippen molar-refractivity contribution < 1.29 is 9.92 Å². The lowest BCUT2D eigenvalue weighted by molar-refractivity contribution is -0.761. The zero-order chi connectivity index (χ0) is 15.2. The Morgan fingerprint density at radius 1 is 1.10 bits per heavy atom. The largest absolute Gasteiger partial charge is 0.330 e. The quantitative estimate of drug-likeness (QED) is 0.635. The third-order valence-corrected chi connectivity index (χ3v) is 5.18. The van der Waals surface area contributed by atoms with Gasteiger partial charge in [-0.2, -0.15) is 0 Å². The van der Waals surface area contributed by atoms with Crippen molar-refractivity contribution in [3.63, 3.8) is 0 Å². The first kappa shape index (κ1) is 15.5. The van der Waals surface area contributed by atoms with Crippen LogP contribution in [0.3, 0.4) is 0 Å². The monoisotopic (exact) mass is 284 g/mol. The van der Waals surface area contributed by atoms with Gasteiger partial charge in [0.25, 0.3) is 5.09 Å². The fourth-order valence-electron chi connectivity index (χ4n) is 6.00. The van der Waals surface area contributed by atoms with Crippen molar-refractivity contribution in [2.45, 2.75) is 59.8 Å². The van der Waals surface area contributed by atoms with Gasteiger partial charge < -0.3 is 10.6 Å². The Hall–Kier alpha value is -0.840. The number of nitrogens with zero attached hydrogens (tertiary/aromatic N) is 1. The first-order chi connectivity index (χ1) is 9.01. The van der Waals surface area contributed by atoms with E-state index in [0.29, 0.717) is 6.54 Å². The summed E-state index contributed by atoms with van der Waals surface area (Å²) in [5, 5.41) is 9.98. The zero-order valence-corrected chi connectivity index (χ0v) is 13.2. The molecule has 0 aromatic carbocycles. The van der Waals surface area contributed by atoms with Crippen molar-refractivity contribution in [1.82, 2.24) is 0 Å². The Balaban J connectivity index is 2.31. The Morgan fingerprint density at radius 2 is 1.75 bits per heavy atom. The van der Waals surface area contributed by atoms with Crippen LogP contribution in [-0.4, -0.2) is 18.2 Å². The SMILES string of the molecule is CC1(C)CC2(C)CC(C)(CN)CC(CO[N+](=O)[O-])(C1)C2. The maximum Gasteiger partial charge on any atom is 0.294 e. The van der Waals surface area contributed by atoms with Gasteiger partial charge in [-0.25, -0.2) is 0 Å². The molecule has 5 heteroatoms. The van der Waals surface area contributed by atoms with Gasteiger partial charge in [-0.3, -0.25) is 0 Å². The highest BCUT2D eigenvalue weighted by atomic mass is 16.9. The lowest BCUT2D eigenvalue weighted by Crippen LogP contribution is -2.54. The van der Waals surface area contributed by atoms with E-state index in [-0.39, 0.29) is 28.3 Å². The fraction of sp³-hybridized carbons (Fsp3) is 1.00. The van der Waals surface area contributed by atoms with Gasteiger partial charge in [0.15, 0.2) is 0 Å². The van der Waals surface area contributed by atoms with E-state index in [1.807, 2.05) is 0 Å². The van der Waals surface area contributed by atoms with Crippen LogP contribution in [0, 0.1) is 31.8 Å². The van der Waals surface area contributed by atoms with Crippen LogP contribution >= 0.6 is 0 Å². The molecule has 2 rings (SSSR count). The van der Waals surface area contributed by atoms with Crippen molar-refractivity contribution in [2.24, 2.45) is 27.4 Å². The molecule has 3 unspecified atom stereocenters. The molecule has 116 valence electrons. The van der Waals surface area contributed by atoms with Gasteiger partial charge in [0, 0.05) is 0 Å². The third kappa shape index (κ3) is 3.08. The van der Waals surface area contributed by atoms with E-state index in [2.05, 4.69) is 27.7 Å². The molecule has 0 aliphatic heterocycles. The minimum Gasteiger partial charge on any atom is -0.330 e. The first-order valence-corrected chi connectivity index (χ1v) is 7.49. The standard InChI is InChI=1S/C15H28N2O3/c1-12(2)5-13(3)7-14(4,10-16)9-15(6-12,8-13)11-20-17(18)19/h5-11,16H2,1-4H3. The average Bonchev–Trinajstić information content (AvgIpc) is 2.21. The van der Waals surface area contributed by atoms with E-state index < -0.39 is 5.09 Å². The number of hydrogen-bond acceptors (Lipinski definition) is 4. The zero-order valence-electron chi connectivity index (χ0n) is 13.2. The molecule has 0 radical (unpaired) electrons. The smallest absolute Gasteiger partial charge is 0.294 e. The molecular weight excluding hydrogens is 256 g/mol. The summed E-state index contributed by atoms with van der Waals surface area (Å²) < 4.78 is 0. The average molecular weight is 284 g/mol. The summed E-state index contributed by atoms with van der Waals surface area (Å²) in [6.45, 7) is 9.95. The van der Waals surface area contributed by atoms with Crippen LogP contribution in [0.1, 0.15) is 59.8 Å². The molecular formula is C15H28N2O3. The molecule has 2 aliphatic rings. The van der Waals surface area contributed by atoms with Crippen LogP contribution in [0.2, 0.25) is 0 Å². The Morgan fingerprint density at radius 3 is 2.30 bits per heavy atom. The summed E-state index contributed by atoms with van der Waals surface area (Å²) in [5.74, 6) is 0. The van der Waals surface area contributed by atoms with Crippen LogP contribution in [-0.2, 0) is 4.84 Å². The normalized spacial score (nSPS) is 43.0. The highest BCUT2D eigenvalue weighted by molar-refractivity contribution is 5.07. The van der Waals surface area contributed by atoms with E-state index in [1.165, 1.54) is 0 Å². The fourth-order valence-corrected chi connectivity index (χ4v) is 6.00. The summed E-state index contributed by atoms with van der Waals surface area (Å²) >= 11 is 0. The predicted molar refractivity (Wildman–Crippen MR) is 77.5 cm³/mol. The number of rotatable bonds is 4. The van der Waals surface area contributed by atoms with Crippen molar-refractivity contribution in [3.8, 4) is 0 Å². The minimum atomic E-state index is -0.651. The van der Waals surface area contributed by atoms with Crippen molar-refractivity contribution >= 4 is 0 Å².